The molecule has 1 N–H and O–H groups in total. The van der Waals surface area contributed by atoms with Gasteiger partial charge in [0, 0.05) is 29.5 Å². The highest BCUT2D eigenvalue weighted by atomic mass is 35.5. The zero-order chi connectivity index (χ0) is 19.1. The summed E-state index contributed by atoms with van der Waals surface area (Å²) in [4.78, 5) is 17.1. The molecule has 1 atom stereocenters. The van der Waals surface area contributed by atoms with Crippen molar-refractivity contribution in [2.24, 2.45) is 0 Å². The molecule has 0 aliphatic heterocycles. The molecule has 138 valence electrons. The number of carbonyl (C=O) groups is 1. The fraction of sp³-hybridized carbons (Fsp3) is 0.182. The van der Waals surface area contributed by atoms with Gasteiger partial charge in [0.15, 0.2) is 0 Å². The Bertz CT molecular complexity index is 882. The number of para-hydroxylation sites is 1. The lowest BCUT2D eigenvalue weighted by atomic mass is 9.91. The number of aromatic nitrogens is 1. The first-order chi connectivity index (χ1) is 13.2. The molecule has 4 nitrogen and oxygen atoms in total. The zero-order valence-electron chi connectivity index (χ0n) is 15.1. The van der Waals surface area contributed by atoms with E-state index in [0.717, 1.165) is 22.4 Å². The Morgan fingerprint density at radius 2 is 1.78 bits per heavy atom. The van der Waals surface area contributed by atoms with Gasteiger partial charge in [-0.1, -0.05) is 41.9 Å². The second kappa shape index (κ2) is 9.19. The van der Waals surface area contributed by atoms with Gasteiger partial charge in [0.05, 0.1) is 13.0 Å². The normalized spacial score (nSPS) is 11.6. The quantitative estimate of drug-likeness (QED) is 0.661. The van der Waals surface area contributed by atoms with Gasteiger partial charge in [0.2, 0.25) is 5.91 Å². The number of methoxy groups -OCH3 is 1. The summed E-state index contributed by atoms with van der Waals surface area (Å²) in [5.41, 5.74) is 2.92. The SMILES string of the molecule is COc1ccccc1CNC(=O)C(Cc1ccncc1)c1ccc(Cl)cc1. The molecule has 0 aliphatic rings. The molecule has 1 aromatic heterocycles. The third-order valence-electron chi connectivity index (χ3n) is 4.42. The number of carbonyl (C=O) groups excluding carboxylic acids is 1. The largest absolute Gasteiger partial charge is 0.496 e. The van der Waals surface area contributed by atoms with E-state index in [0.29, 0.717) is 18.0 Å². The summed E-state index contributed by atoms with van der Waals surface area (Å²) in [6.45, 7) is 0.406. The van der Waals surface area contributed by atoms with E-state index < -0.39 is 0 Å². The Morgan fingerprint density at radius 3 is 2.48 bits per heavy atom. The van der Waals surface area contributed by atoms with Crippen LogP contribution in [-0.2, 0) is 17.8 Å². The molecular formula is C22H21ClN2O2. The molecule has 1 amide bonds. The first-order valence-corrected chi connectivity index (χ1v) is 9.09. The second-order valence-corrected chi connectivity index (χ2v) is 6.63. The fourth-order valence-electron chi connectivity index (χ4n) is 2.97. The van der Waals surface area contributed by atoms with Crippen LogP contribution in [0, 0.1) is 0 Å². The first kappa shape index (κ1) is 18.9. The number of nitrogens with one attached hydrogen (secondary N) is 1. The van der Waals surface area contributed by atoms with Gasteiger partial charge in [0.1, 0.15) is 5.75 Å². The van der Waals surface area contributed by atoms with Crippen molar-refractivity contribution in [1.82, 2.24) is 10.3 Å². The molecule has 3 rings (SSSR count). The molecule has 2 aromatic carbocycles. The molecule has 1 unspecified atom stereocenters. The Hall–Kier alpha value is -2.85. The van der Waals surface area contributed by atoms with Crippen molar-refractivity contribution in [3.05, 3.63) is 94.8 Å². The molecule has 0 bridgehead atoms. The summed E-state index contributed by atoms with van der Waals surface area (Å²) in [7, 11) is 1.63. The monoisotopic (exact) mass is 380 g/mol. The Kier molecular flexibility index (Phi) is 6.44. The average Bonchev–Trinajstić information content (AvgIpc) is 2.72. The van der Waals surface area contributed by atoms with E-state index in [9.17, 15) is 4.79 Å². The Labute approximate surface area is 164 Å². The van der Waals surface area contributed by atoms with Gasteiger partial charge in [-0.25, -0.2) is 0 Å². The van der Waals surface area contributed by atoms with E-state index >= 15 is 0 Å². The summed E-state index contributed by atoms with van der Waals surface area (Å²) in [5, 5.41) is 3.69. The van der Waals surface area contributed by atoms with Crippen molar-refractivity contribution in [1.29, 1.82) is 0 Å². The predicted octanol–water partition coefficient (Wildman–Crippen LogP) is 4.39. The lowest BCUT2D eigenvalue weighted by Crippen LogP contribution is -2.30. The number of rotatable bonds is 7. The van der Waals surface area contributed by atoms with E-state index in [1.54, 1.807) is 19.5 Å². The van der Waals surface area contributed by atoms with Crippen molar-refractivity contribution in [3.63, 3.8) is 0 Å². The summed E-state index contributed by atoms with van der Waals surface area (Å²) in [5.74, 6) is 0.398. The van der Waals surface area contributed by atoms with Crippen molar-refractivity contribution in [3.8, 4) is 5.75 Å². The molecule has 0 saturated heterocycles. The van der Waals surface area contributed by atoms with Gasteiger partial charge in [0.25, 0.3) is 0 Å². The van der Waals surface area contributed by atoms with E-state index in [-0.39, 0.29) is 11.8 Å². The van der Waals surface area contributed by atoms with Crippen LogP contribution in [0.3, 0.4) is 0 Å². The third-order valence-corrected chi connectivity index (χ3v) is 4.68. The highest BCUT2D eigenvalue weighted by Crippen LogP contribution is 2.24. The van der Waals surface area contributed by atoms with E-state index in [2.05, 4.69) is 10.3 Å². The van der Waals surface area contributed by atoms with Crippen LogP contribution < -0.4 is 10.1 Å². The lowest BCUT2D eigenvalue weighted by Gasteiger charge is -2.18. The van der Waals surface area contributed by atoms with Crippen LogP contribution in [0.15, 0.2) is 73.1 Å². The molecule has 27 heavy (non-hydrogen) atoms. The van der Waals surface area contributed by atoms with E-state index in [4.69, 9.17) is 16.3 Å². The van der Waals surface area contributed by atoms with Gasteiger partial charge < -0.3 is 10.1 Å². The smallest absolute Gasteiger partial charge is 0.228 e. The minimum Gasteiger partial charge on any atom is -0.496 e. The predicted molar refractivity (Wildman–Crippen MR) is 107 cm³/mol. The molecule has 0 fully saturated rings. The minimum atomic E-state index is -0.320. The van der Waals surface area contributed by atoms with Gasteiger partial charge >= 0.3 is 0 Å². The topological polar surface area (TPSA) is 51.2 Å². The van der Waals surface area contributed by atoms with Crippen LogP contribution in [0.4, 0.5) is 0 Å². The number of halogens is 1. The highest BCUT2D eigenvalue weighted by Gasteiger charge is 2.21. The number of hydrogen-bond donors (Lipinski definition) is 1. The maximum absolute atomic E-state index is 13.0. The number of benzene rings is 2. The van der Waals surface area contributed by atoms with Gasteiger partial charge in [-0.3, -0.25) is 9.78 Å². The molecule has 5 heteroatoms. The van der Waals surface area contributed by atoms with Crippen molar-refractivity contribution >= 4 is 17.5 Å². The van der Waals surface area contributed by atoms with Crippen LogP contribution in [-0.4, -0.2) is 18.0 Å². The third kappa shape index (κ3) is 5.08. The summed E-state index contributed by atoms with van der Waals surface area (Å²) < 4.78 is 5.36. The van der Waals surface area contributed by atoms with Gasteiger partial charge in [-0.05, 0) is 47.9 Å². The lowest BCUT2D eigenvalue weighted by molar-refractivity contribution is -0.122. The molecule has 0 radical (unpaired) electrons. The molecule has 0 spiro atoms. The van der Waals surface area contributed by atoms with Crippen molar-refractivity contribution in [2.45, 2.75) is 18.9 Å². The van der Waals surface area contributed by atoms with Crippen molar-refractivity contribution in [2.75, 3.05) is 7.11 Å². The number of nitrogens with zero attached hydrogens (tertiary/aromatic N) is 1. The standard InChI is InChI=1S/C22H21ClN2O2/c1-27-21-5-3-2-4-18(21)15-25-22(26)20(14-16-10-12-24-13-11-16)17-6-8-19(23)9-7-17/h2-13,20H,14-15H2,1H3,(H,25,26). The number of hydrogen-bond acceptors (Lipinski definition) is 3. The first-order valence-electron chi connectivity index (χ1n) is 8.71. The van der Waals surface area contributed by atoms with E-state index in [1.807, 2.05) is 60.7 Å². The van der Waals surface area contributed by atoms with Gasteiger partial charge in [-0.15, -0.1) is 0 Å². The van der Waals surface area contributed by atoms with Crippen LogP contribution in [0.25, 0.3) is 0 Å². The van der Waals surface area contributed by atoms with Crippen LogP contribution >= 0.6 is 11.6 Å². The molecule has 0 aliphatic carbocycles. The maximum atomic E-state index is 13.0. The minimum absolute atomic E-state index is 0.0416. The number of pyridine rings is 1. The summed E-state index contributed by atoms with van der Waals surface area (Å²) in [6.07, 6.45) is 4.06. The maximum Gasteiger partial charge on any atom is 0.228 e. The number of amides is 1. The zero-order valence-corrected chi connectivity index (χ0v) is 15.8. The second-order valence-electron chi connectivity index (χ2n) is 6.19. The Balaban J connectivity index is 1.78. The molecule has 1 heterocycles. The Morgan fingerprint density at radius 1 is 1.07 bits per heavy atom. The average molecular weight is 381 g/mol. The van der Waals surface area contributed by atoms with Crippen LogP contribution in [0.1, 0.15) is 22.6 Å². The number of ether oxygens (including phenoxy) is 1. The molecule has 3 aromatic rings. The van der Waals surface area contributed by atoms with Crippen molar-refractivity contribution < 1.29 is 9.53 Å². The van der Waals surface area contributed by atoms with Gasteiger partial charge in [-0.2, -0.15) is 0 Å². The summed E-state index contributed by atoms with van der Waals surface area (Å²) >= 11 is 6.01. The molecular weight excluding hydrogens is 360 g/mol. The molecule has 0 saturated carbocycles. The van der Waals surface area contributed by atoms with Crippen LogP contribution in [0.5, 0.6) is 5.75 Å². The highest BCUT2D eigenvalue weighted by molar-refractivity contribution is 6.30. The van der Waals surface area contributed by atoms with E-state index in [1.165, 1.54) is 0 Å². The summed E-state index contributed by atoms with van der Waals surface area (Å²) in [6, 6.07) is 18.9. The fourth-order valence-corrected chi connectivity index (χ4v) is 3.09. The van der Waals surface area contributed by atoms with Crippen LogP contribution in [0.2, 0.25) is 5.02 Å².